The summed E-state index contributed by atoms with van der Waals surface area (Å²) in [6.45, 7) is 1.92. The Bertz CT molecular complexity index is 334. The minimum Gasteiger partial charge on any atom is -0.392 e. The third-order valence-electron chi connectivity index (χ3n) is 3.22. The highest BCUT2D eigenvalue weighted by atomic mass is 32.1. The van der Waals surface area contributed by atoms with E-state index in [9.17, 15) is 9.59 Å². The number of rotatable bonds is 3. The summed E-state index contributed by atoms with van der Waals surface area (Å²) < 4.78 is 0. The molecule has 2 N–H and O–H groups in total. The van der Waals surface area contributed by atoms with Crippen LogP contribution < -0.4 is 5.73 Å². The Morgan fingerprint density at radius 3 is 2.25 bits per heavy atom. The van der Waals surface area contributed by atoms with Crippen molar-refractivity contribution in [2.45, 2.75) is 38.6 Å². The maximum atomic E-state index is 11.9. The lowest BCUT2D eigenvalue weighted by atomic mass is 9.95. The van der Waals surface area contributed by atoms with E-state index in [1.165, 1.54) is 4.90 Å². The van der Waals surface area contributed by atoms with Crippen LogP contribution in [-0.2, 0) is 9.59 Å². The lowest BCUT2D eigenvalue weighted by molar-refractivity contribution is -0.151. The molecule has 0 spiro atoms. The van der Waals surface area contributed by atoms with Gasteiger partial charge in [-0.2, -0.15) is 0 Å². The first-order valence-electron chi connectivity index (χ1n) is 5.65. The van der Waals surface area contributed by atoms with Crippen LogP contribution in [0.2, 0.25) is 0 Å². The first kappa shape index (κ1) is 11.5. The smallest absolute Gasteiger partial charge is 0.230 e. The highest BCUT2D eigenvalue weighted by Gasteiger charge is 2.44. The van der Waals surface area contributed by atoms with Crippen LogP contribution in [-0.4, -0.2) is 27.7 Å². The summed E-state index contributed by atoms with van der Waals surface area (Å²) in [5, 5.41) is 0. The van der Waals surface area contributed by atoms with Crippen LogP contribution in [0.15, 0.2) is 0 Å². The normalized spacial score (nSPS) is 24.7. The van der Waals surface area contributed by atoms with Crippen LogP contribution in [0.3, 0.4) is 0 Å². The van der Waals surface area contributed by atoms with Crippen molar-refractivity contribution in [2.24, 2.45) is 17.6 Å². The van der Waals surface area contributed by atoms with Crippen molar-refractivity contribution in [2.75, 3.05) is 0 Å². The van der Waals surface area contributed by atoms with Gasteiger partial charge in [0.25, 0.3) is 0 Å². The molecule has 0 aromatic carbocycles. The van der Waals surface area contributed by atoms with Gasteiger partial charge in [0.15, 0.2) is 0 Å². The number of piperidine rings is 1. The van der Waals surface area contributed by atoms with Crippen molar-refractivity contribution < 1.29 is 9.59 Å². The van der Waals surface area contributed by atoms with Crippen LogP contribution >= 0.6 is 12.2 Å². The molecule has 4 nitrogen and oxygen atoms in total. The predicted molar refractivity (Wildman–Crippen MR) is 63.5 cm³/mol. The molecular formula is C11H16N2O2S. The summed E-state index contributed by atoms with van der Waals surface area (Å²) in [5.74, 6) is 0.211. The Balaban J connectivity index is 2.19. The van der Waals surface area contributed by atoms with Crippen molar-refractivity contribution in [3.63, 3.8) is 0 Å². The van der Waals surface area contributed by atoms with Crippen molar-refractivity contribution in [1.29, 1.82) is 0 Å². The van der Waals surface area contributed by atoms with Crippen LogP contribution in [0.25, 0.3) is 0 Å². The van der Waals surface area contributed by atoms with E-state index in [0.717, 1.165) is 12.8 Å². The second-order valence-corrected chi connectivity index (χ2v) is 5.33. The molecule has 0 radical (unpaired) electrons. The zero-order chi connectivity index (χ0) is 11.9. The van der Waals surface area contributed by atoms with Crippen molar-refractivity contribution in [3.05, 3.63) is 0 Å². The number of hydrogen-bond donors (Lipinski definition) is 1. The highest BCUT2D eigenvalue weighted by Crippen LogP contribution is 2.37. The molecule has 1 saturated carbocycles. The summed E-state index contributed by atoms with van der Waals surface area (Å²) in [6, 6.07) is -0.331. The van der Waals surface area contributed by atoms with Gasteiger partial charge < -0.3 is 5.73 Å². The molecule has 16 heavy (non-hydrogen) atoms. The molecule has 1 heterocycles. The monoisotopic (exact) mass is 240 g/mol. The third kappa shape index (κ3) is 2.09. The maximum absolute atomic E-state index is 11.9. The number of thiocarbonyl (C=S) groups is 1. The number of carbonyl (C=O) groups excluding carboxylic acids is 2. The molecular weight excluding hydrogens is 224 g/mol. The average Bonchev–Trinajstić information content (AvgIpc) is 2.93. The summed E-state index contributed by atoms with van der Waals surface area (Å²) in [6.07, 6.45) is 2.87. The fourth-order valence-corrected chi connectivity index (χ4v) is 2.59. The molecule has 5 heteroatoms. The van der Waals surface area contributed by atoms with Crippen molar-refractivity contribution in [3.8, 4) is 0 Å². The second kappa shape index (κ2) is 4.13. The Morgan fingerprint density at radius 2 is 1.88 bits per heavy atom. The minimum absolute atomic E-state index is 0.117. The number of nitrogens with zero attached hydrogens (tertiary/aromatic N) is 1. The van der Waals surface area contributed by atoms with Gasteiger partial charge in [0.2, 0.25) is 11.8 Å². The molecule has 2 fully saturated rings. The molecule has 0 bridgehead atoms. The number of imide groups is 1. The molecule has 1 saturated heterocycles. The Kier molecular flexibility index (Phi) is 2.97. The average molecular weight is 240 g/mol. The van der Waals surface area contributed by atoms with Gasteiger partial charge in [0.05, 0.1) is 11.0 Å². The Hall–Kier alpha value is -0.970. The largest absolute Gasteiger partial charge is 0.392 e. The zero-order valence-electron chi connectivity index (χ0n) is 9.31. The summed E-state index contributed by atoms with van der Waals surface area (Å²) in [5.41, 5.74) is 5.65. The molecule has 0 aromatic rings. The lowest BCUT2D eigenvalue weighted by Crippen LogP contribution is -2.54. The lowest BCUT2D eigenvalue weighted by Gasteiger charge is -2.34. The van der Waals surface area contributed by atoms with Gasteiger partial charge in [-0.25, -0.2) is 0 Å². The van der Waals surface area contributed by atoms with Gasteiger partial charge >= 0.3 is 0 Å². The molecule has 1 atom stereocenters. The van der Waals surface area contributed by atoms with E-state index in [4.69, 9.17) is 18.0 Å². The van der Waals surface area contributed by atoms with E-state index in [-0.39, 0.29) is 28.8 Å². The van der Waals surface area contributed by atoms with Crippen LogP contribution in [0.4, 0.5) is 0 Å². The van der Waals surface area contributed by atoms with Crippen molar-refractivity contribution >= 4 is 29.0 Å². The first-order valence-corrected chi connectivity index (χ1v) is 6.05. The standard InChI is InChI=1S/C11H16N2O2S/c1-6-4-8(14)13(9(15)5-6)10(11(12)16)7-2-3-7/h6-7,10H,2-5H2,1H3,(H2,12,16). The number of carbonyl (C=O) groups is 2. The number of nitrogens with two attached hydrogens (primary N) is 1. The maximum Gasteiger partial charge on any atom is 0.230 e. The molecule has 1 aliphatic carbocycles. The predicted octanol–water partition coefficient (Wildman–Crippen LogP) is 0.836. The van der Waals surface area contributed by atoms with Gasteiger partial charge in [0, 0.05) is 12.8 Å². The van der Waals surface area contributed by atoms with Gasteiger partial charge in [-0.05, 0) is 24.7 Å². The molecule has 0 aromatic heterocycles. The van der Waals surface area contributed by atoms with Crippen molar-refractivity contribution in [1.82, 2.24) is 4.90 Å². The quantitative estimate of drug-likeness (QED) is 0.586. The van der Waals surface area contributed by atoms with Gasteiger partial charge in [-0.15, -0.1) is 0 Å². The van der Waals surface area contributed by atoms with Gasteiger partial charge in [0.1, 0.15) is 0 Å². The Labute approximate surface area is 100 Å². The number of likely N-dealkylation sites (tertiary alicyclic amines) is 1. The zero-order valence-corrected chi connectivity index (χ0v) is 10.1. The van der Waals surface area contributed by atoms with E-state index in [1.54, 1.807) is 0 Å². The molecule has 2 rings (SSSR count). The first-order chi connectivity index (χ1) is 7.50. The van der Waals surface area contributed by atoms with E-state index >= 15 is 0 Å². The van der Waals surface area contributed by atoms with E-state index in [1.807, 2.05) is 6.92 Å². The summed E-state index contributed by atoms with van der Waals surface area (Å²) in [4.78, 5) is 25.4. The fraction of sp³-hybridized carbons (Fsp3) is 0.727. The minimum atomic E-state index is -0.331. The van der Waals surface area contributed by atoms with E-state index in [0.29, 0.717) is 18.8 Å². The Morgan fingerprint density at radius 1 is 1.38 bits per heavy atom. The molecule has 88 valence electrons. The topological polar surface area (TPSA) is 63.4 Å². The van der Waals surface area contributed by atoms with E-state index in [2.05, 4.69) is 0 Å². The van der Waals surface area contributed by atoms with Crippen LogP contribution in [0.1, 0.15) is 32.6 Å². The van der Waals surface area contributed by atoms with Gasteiger partial charge in [-0.3, -0.25) is 14.5 Å². The summed E-state index contributed by atoms with van der Waals surface area (Å²) >= 11 is 4.98. The van der Waals surface area contributed by atoms with Crippen LogP contribution in [0, 0.1) is 11.8 Å². The van der Waals surface area contributed by atoms with Crippen LogP contribution in [0.5, 0.6) is 0 Å². The third-order valence-corrected chi connectivity index (χ3v) is 3.46. The summed E-state index contributed by atoms with van der Waals surface area (Å²) in [7, 11) is 0. The molecule has 1 aliphatic heterocycles. The molecule has 1 unspecified atom stereocenters. The van der Waals surface area contributed by atoms with E-state index < -0.39 is 0 Å². The number of hydrogen-bond acceptors (Lipinski definition) is 3. The fourth-order valence-electron chi connectivity index (χ4n) is 2.30. The molecule has 2 aliphatic rings. The highest BCUT2D eigenvalue weighted by molar-refractivity contribution is 7.80. The SMILES string of the molecule is CC1CC(=O)N(C(C(N)=S)C2CC2)C(=O)C1. The number of amides is 2. The molecule has 2 amide bonds. The second-order valence-electron chi connectivity index (χ2n) is 4.86. The van der Waals surface area contributed by atoms with Gasteiger partial charge in [-0.1, -0.05) is 19.1 Å².